The van der Waals surface area contributed by atoms with E-state index < -0.39 is 10.0 Å². The Kier molecular flexibility index (Phi) is 6.64. The van der Waals surface area contributed by atoms with Gasteiger partial charge in [0, 0.05) is 24.5 Å². The quantitative estimate of drug-likeness (QED) is 0.750. The first-order valence-corrected chi connectivity index (χ1v) is 9.43. The molecule has 0 aliphatic heterocycles. The van der Waals surface area contributed by atoms with Crippen LogP contribution in [0.25, 0.3) is 0 Å². The fourth-order valence-corrected chi connectivity index (χ4v) is 5.13. The maximum atomic E-state index is 12.8. The summed E-state index contributed by atoms with van der Waals surface area (Å²) in [5.41, 5.74) is 0.846. The zero-order chi connectivity index (χ0) is 15.3. The maximum absolute atomic E-state index is 12.8. The zero-order valence-corrected chi connectivity index (χ0v) is 14.7. The molecule has 0 aliphatic carbocycles. The lowest BCUT2D eigenvalue weighted by molar-refractivity contribution is 0.380. The van der Waals surface area contributed by atoms with Gasteiger partial charge in [-0.3, -0.25) is 0 Å². The Morgan fingerprint density at radius 1 is 1.40 bits per heavy atom. The summed E-state index contributed by atoms with van der Waals surface area (Å²) in [4.78, 5) is 1.40. The molecular formula is C14H26N2O2S2. The molecule has 1 atom stereocenters. The molecule has 1 aromatic heterocycles. The van der Waals surface area contributed by atoms with E-state index in [4.69, 9.17) is 0 Å². The van der Waals surface area contributed by atoms with Crippen LogP contribution in [0.15, 0.2) is 10.3 Å². The van der Waals surface area contributed by atoms with Crippen LogP contribution in [0, 0.1) is 6.92 Å². The Hall–Kier alpha value is -0.430. The van der Waals surface area contributed by atoms with E-state index >= 15 is 0 Å². The third-order valence-electron chi connectivity index (χ3n) is 3.55. The molecule has 6 heteroatoms. The molecule has 0 fully saturated rings. The van der Waals surface area contributed by atoms with Gasteiger partial charge >= 0.3 is 0 Å². The van der Waals surface area contributed by atoms with Crippen LogP contribution in [0.4, 0.5) is 0 Å². The molecule has 0 aromatic carbocycles. The molecule has 0 spiro atoms. The molecule has 1 aromatic rings. The largest absolute Gasteiger partial charge is 0.312 e. The predicted molar refractivity (Wildman–Crippen MR) is 85.8 cm³/mol. The van der Waals surface area contributed by atoms with Crippen molar-refractivity contribution in [1.82, 2.24) is 9.62 Å². The Bertz CT molecular complexity index is 523. The van der Waals surface area contributed by atoms with Gasteiger partial charge in [0.2, 0.25) is 10.0 Å². The normalized spacial score (nSPS) is 13.9. The molecule has 20 heavy (non-hydrogen) atoms. The predicted octanol–water partition coefficient (Wildman–Crippen LogP) is 2.98. The maximum Gasteiger partial charge on any atom is 0.244 e. The van der Waals surface area contributed by atoms with Crippen molar-refractivity contribution >= 4 is 21.4 Å². The first kappa shape index (κ1) is 17.6. The smallest absolute Gasteiger partial charge is 0.244 e. The minimum atomic E-state index is -3.40. The van der Waals surface area contributed by atoms with Crippen LogP contribution in [0.3, 0.4) is 0 Å². The zero-order valence-electron chi connectivity index (χ0n) is 13.1. The molecule has 0 amide bonds. The van der Waals surface area contributed by atoms with Crippen LogP contribution in [-0.4, -0.2) is 32.4 Å². The fourth-order valence-electron chi connectivity index (χ4n) is 1.97. The van der Waals surface area contributed by atoms with E-state index in [1.807, 2.05) is 26.2 Å². The summed E-state index contributed by atoms with van der Waals surface area (Å²) in [7, 11) is -1.73. The summed E-state index contributed by atoms with van der Waals surface area (Å²) >= 11 is 1.52. The number of hydrogen-bond donors (Lipinski definition) is 1. The second kappa shape index (κ2) is 7.54. The third kappa shape index (κ3) is 3.81. The topological polar surface area (TPSA) is 49.4 Å². The number of nitrogens with one attached hydrogen (secondary N) is 1. The van der Waals surface area contributed by atoms with Gasteiger partial charge in [0.05, 0.1) is 0 Å². The lowest BCUT2D eigenvalue weighted by Crippen LogP contribution is -2.35. The number of sulfonamides is 1. The molecule has 0 bridgehead atoms. The van der Waals surface area contributed by atoms with E-state index in [-0.39, 0.29) is 6.04 Å². The van der Waals surface area contributed by atoms with Gasteiger partial charge in [0.25, 0.3) is 0 Å². The van der Waals surface area contributed by atoms with E-state index in [0.29, 0.717) is 11.4 Å². The lowest BCUT2D eigenvalue weighted by Gasteiger charge is -2.24. The van der Waals surface area contributed by atoms with Crippen molar-refractivity contribution < 1.29 is 8.42 Å². The average Bonchev–Trinajstić information content (AvgIpc) is 2.79. The Morgan fingerprint density at radius 2 is 2.05 bits per heavy atom. The summed E-state index contributed by atoms with van der Waals surface area (Å²) in [5.74, 6) is 0. The van der Waals surface area contributed by atoms with Crippen LogP contribution < -0.4 is 5.32 Å². The van der Waals surface area contributed by atoms with Crippen molar-refractivity contribution in [2.45, 2.75) is 58.0 Å². The first-order valence-electron chi connectivity index (χ1n) is 7.11. The highest BCUT2D eigenvalue weighted by Crippen LogP contribution is 2.30. The van der Waals surface area contributed by atoms with E-state index in [9.17, 15) is 8.42 Å². The minimum Gasteiger partial charge on any atom is -0.312 e. The van der Waals surface area contributed by atoms with Crippen molar-refractivity contribution in [2.24, 2.45) is 0 Å². The molecule has 1 N–H and O–H groups in total. The molecule has 0 aliphatic rings. The summed E-state index contributed by atoms with van der Waals surface area (Å²) in [6.45, 7) is 9.43. The van der Waals surface area contributed by atoms with Crippen molar-refractivity contribution in [3.8, 4) is 0 Å². The Labute approximate surface area is 127 Å². The standard InChI is InChI=1S/C14H26N2O2S2/c1-6-8-15-9-13-14(11(3)10-19-13)20(17,18)16(5)12(4)7-2/h10,12,15H,6-9H2,1-5H3. The molecular weight excluding hydrogens is 292 g/mol. The highest BCUT2D eigenvalue weighted by molar-refractivity contribution is 7.89. The van der Waals surface area contributed by atoms with Gasteiger partial charge in [0.1, 0.15) is 4.90 Å². The van der Waals surface area contributed by atoms with Crippen LogP contribution >= 0.6 is 11.3 Å². The molecule has 0 radical (unpaired) electrons. The van der Waals surface area contributed by atoms with Gasteiger partial charge in [0.15, 0.2) is 0 Å². The monoisotopic (exact) mass is 318 g/mol. The molecule has 1 rings (SSSR count). The van der Waals surface area contributed by atoms with Crippen LogP contribution in [-0.2, 0) is 16.6 Å². The molecule has 0 saturated carbocycles. The van der Waals surface area contributed by atoms with Gasteiger partial charge < -0.3 is 5.32 Å². The second-order valence-corrected chi connectivity index (χ2v) is 8.02. The van der Waals surface area contributed by atoms with Gasteiger partial charge in [-0.05, 0) is 44.2 Å². The van der Waals surface area contributed by atoms with Crippen LogP contribution in [0.1, 0.15) is 44.1 Å². The van der Waals surface area contributed by atoms with Gasteiger partial charge in [-0.25, -0.2) is 8.42 Å². The number of aryl methyl sites for hydroxylation is 1. The molecule has 0 saturated heterocycles. The third-order valence-corrected chi connectivity index (χ3v) is 6.99. The van der Waals surface area contributed by atoms with Crippen LogP contribution in [0.2, 0.25) is 0 Å². The Morgan fingerprint density at radius 3 is 2.60 bits per heavy atom. The lowest BCUT2D eigenvalue weighted by atomic mass is 10.3. The summed E-state index contributed by atoms with van der Waals surface area (Å²) in [5, 5.41) is 5.22. The summed E-state index contributed by atoms with van der Waals surface area (Å²) < 4.78 is 27.0. The first-order chi connectivity index (χ1) is 9.36. The molecule has 1 heterocycles. The van der Waals surface area contributed by atoms with Crippen LogP contribution in [0.5, 0.6) is 0 Å². The Balaban J connectivity index is 3.08. The number of rotatable bonds is 8. The van der Waals surface area contributed by atoms with Crippen molar-refractivity contribution in [3.63, 3.8) is 0 Å². The minimum absolute atomic E-state index is 0.00995. The van der Waals surface area contributed by atoms with E-state index in [0.717, 1.165) is 29.8 Å². The average molecular weight is 319 g/mol. The SMILES string of the molecule is CCCNCc1scc(C)c1S(=O)(=O)N(C)C(C)CC. The van der Waals surface area contributed by atoms with E-state index in [1.54, 1.807) is 7.05 Å². The number of hydrogen-bond acceptors (Lipinski definition) is 4. The van der Waals surface area contributed by atoms with E-state index in [1.165, 1.54) is 15.6 Å². The molecule has 116 valence electrons. The summed E-state index contributed by atoms with van der Waals surface area (Å²) in [6.07, 6.45) is 1.85. The van der Waals surface area contributed by atoms with Crippen molar-refractivity contribution in [1.29, 1.82) is 0 Å². The highest BCUT2D eigenvalue weighted by Gasteiger charge is 2.29. The van der Waals surface area contributed by atoms with Gasteiger partial charge in [-0.15, -0.1) is 11.3 Å². The van der Waals surface area contributed by atoms with Crippen molar-refractivity contribution in [3.05, 3.63) is 15.8 Å². The summed E-state index contributed by atoms with van der Waals surface area (Å²) in [6, 6.07) is 0.00995. The molecule has 1 unspecified atom stereocenters. The number of thiophene rings is 1. The van der Waals surface area contributed by atoms with Gasteiger partial charge in [-0.2, -0.15) is 4.31 Å². The fraction of sp³-hybridized carbons (Fsp3) is 0.714. The van der Waals surface area contributed by atoms with Crippen molar-refractivity contribution in [2.75, 3.05) is 13.6 Å². The van der Waals surface area contributed by atoms with Gasteiger partial charge in [-0.1, -0.05) is 13.8 Å². The second-order valence-electron chi connectivity index (χ2n) is 5.13. The van der Waals surface area contributed by atoms with E-state index in [2.05, 4.69) is 12.2 Å². The highest BCUT2D eigenvalue weighted by atomic mass is 32.2. The molecule has 4 nitrogen and oxygen atoms in total. The number of nitrogens with zero attached hydrogens (tertiary/aromatic N) is 1.